The van der Waals surface area contributed by atoms with E-state index in [1.807, 2.05) is 6.92 Å². The van der Waals surface area contributed by atoms with E-state index in [0.717, 1.165) is 6.54 Å². The number of morpholine rings is 1. The molecule has 2 rings (SSSR count). The lowest BCUT2D eigenvalue weighted by molar-refractivity contribution is -0.0406. The van der Waals surface area contributed by atoms with Gasteiger partial charge in [-0.15, -0.1) is 0 Å². The van der Waals surface area contributed by atoms with E-state index in [4.69, 9.17) is 22.1 Å². The second-order valence-electron chi connectivity index (χ2n) is 4.70. The van der Waals surface area contributed by atoms with E-state index in [0.29, 0.717) is 30.3 Å². The van der Waals surface area contributed by atoms with Gasteiger partial charge in [-0.2, -0.15) is 0 Å². The Kier molecular flexibility index (Phi) is 4.56. The number of nitrogens with two attached hydrogens (primary N) is 1. The van der Waals surface area contributed by atoms with E-state index < -0.39 is 0 Å². The number of nitrogens with zero attached hydrogens (tertiary/aromatic N) is 1. The lowest BCUT2D eigenvalue weighted by atomic mass is 10.1. The molecule has 0 spiro atoms. The summed E-state index contributed by atoms with van der Waals surface area (Å²) in [5.41, 5.74) is 6.38. The average Bonchev–Trinajstić information content (AvgIpc) is 2.34. The molecule has 2 N–H and O–H groups in total. The summed E-state index contributed by atoms with van der Waals surface area (Å²) in [6, 6.07) is 4.74. The van der Waals surface area contributed by atoms with Gasteiger partial charge in [-0.3, -0.25) is 4.90 Å². The van der Waals surface area contributed by atoms with Gasteiger partial charge >= 0.3 is 0 Å². The first-order valence-electron chi connectivity index (χ1n) is 6.10. The molecule has 2 unspecified atom stereocenters. The fourth-order valence-electron chi connectivity index (χ4n) is 2.10. The standard InChI is InChI=1S/C13H18ClFN2O/c1-9(16)13-8-17(5-6-18-13)7-10-11(14)3-2-4-12(10)15/h2-4,9,13H,5-8,16H2,1H3. The van der Waals surface area contributed by atoms with Crippen molar-refractivity contribution < 1.29 is 9.13 Å². The summed E-state index contributed by atoms with van der Waals surface area (Å²) in [4.78, 5) is 2.13. The number of hydrogen-bond acceptors (Lipinski definition) is 3. The minimum atomic E-state index is -0.258. The van der Waals surface area contributed by atoms with Gasteiger partial charge in [-0.25, -0.2) is 4.39 Å². The zero-order valence-electron chi connectivity index (χ0n) is 10.4. The maximum atomic E-state index is 13.7. The van der Waals surface area contributed by atoms with Gasteiger partial charge in [0.2, 0.25) is 0 Å². The molecule has 0 radical (unpaired) electrons. The largest absolute Gasteiger partial charge is 0.374 e. The number of ether oxygens (including phenoxy) is 1. The predicted octanol–water partition coefficient (Wildman–Crippen LogP) is 2.03. The van der Waals surface area contributed by atoms with Gasteiger partial charge in [0, 0.05) is 36.3 Å². The predicted molar refractivity (Wildman–Crippen MR) is 70.1 cm³/mol. The van der Waals surface area contributed by atoms with Crippen LogP contribution in [0.2, 0.25) is 5.02 Å². The molecule has 1 heterocycles. The maximum Gasteiger partial charge on any atom is 0.129 e. The number of benzene rings is 1. The highest BCUT2D eigenvalue weighted by atomic mass is 35.5. The average molecular weight is 273 g/mol. The fourth-order valence-corrected chi connectivity index (χ4v) is 2.32. The van der Waals surface area contributed by atoms with Crippen molar-refractivity contribution in [2.45, 2.75) is 25.6 Å². The van der Waals surface area contributed by atoms with Crippen molar-refractivity contribution in [3.8, 4) is 0 Å². The third-order valence-corrected chi connectivity index (χ3v) is 3.56. The Bertz CT molecular complexity index is 394. The van der Waals surface area contributed by atoms with Crippen LogP contribution >= 0.6 is 11.6 Å². The number of hydrogen-bond donors (Lipinski definition) is 1. The minimum absolute atomic E-state index is 0.00398. The highest BCUT2D eigenvalue weighted by Gasteiger charge is 2.24. The van der Waals surface area contributed by atoms with Gasteiger partial charge in [-0.05, 0) is 19.1 Å². The second kappa shape index (κ2) is 5.97. The molecule has 1 saturated heterocycles. The normalized spacial score (nSPS) is 23.0. The lowest BCUT2D eigenvalue weighted by Gasteiger charge is -2.34. The lowest BCUT2D eigenvalue weighted by Crippen LogP contribution is -2.49. The van der Waals surface area contributed by atoms with Gasteiger partial charge in [0.05, 0.1) is 12.7 Å². The Labute approximate surface area is 112 Å². The summed E-state index contributed by atoms with van der Waals surface area (Å²) in [5.74, 6) is -0.258. The van der Waals surface area contributed by atoms with Crippen molar-refractivity contribution in [1.82, 2.24) is 4.90 Å². The van der Waals surface area contributed by atoms with E-state index in [1.54, 1.807) is 12.1 Å². The summed E-state index contributed by atoms with van der Waals surface area (Å²) in [6.45, 7) is 4.52. The molecule has 0 bridgehead atoms. The molecule has 5 heteroatoms. The molecule has 100 valence electrons. The fraction of sp³-hybridized carbons (Fsp3) is 0.538. The molecule has 0 amide bonds. The summed E-state index contributed by atoms with van der Waals surface area (Å²) < 4.78 is 19.3. The molecule has 18 heavy (non-hydrogen) atoms. The molecule has 1 aromatic carbocycles. The molecule has 0 aliphatic carbocycles. The Morgan fingerprint density at radius 1 is 1.61 bits per heavy atom. The monoisotopic (exact) mass is 272 g/mol. The van der Waals surface area contributed by atoms with Gasteiger partial charge in [-0.1, -0.05) is 17.7 Å². The van der Waals surface area contributed by atoms with Crippen LogP contribution < -0.4 is 5.73 Å². The molecule has 0 saturated carbocycles. The SMILES string of the molecule is CC(N)C1CN(Cc2c(F)cccc2Cl)CCO1. The quantitative estimate of drug-likeness (QED) is 0.915. The van der Waals surface area contributed by atoms with Crippen LogP contribution in [-0.2, 0) is 11.3 Å². The molecule has 1 aliphatic heterocycles. The molecule has 1 aliphatic rings. The highest BCUT2D eigenvalue weighted by Crippen LogP contribution is 2.22. The molecule has 1 aromatic rings. The van der Waals surface area contributed by atoms with E-state index in [1.165, 1.54) is 6.07 Å². The molecule has 0 aromatic heterocycles. The smallest absolute Gasteiger partial charge is 0.129 e. The van der Waals surface area contributed by atoms with Gasteiger partial charge in [0.25, 0.3) is 0 Å². The molecular formula is C13H18ClFN2O. The van der Waals surface area contributed by atoms with E-state index in [2.05, 4.69) is 4.90 Å². The van der Waals surface area contributed by atoms with Crippen molar-refractivity contribution >= 4 is 11.6 Å². The zero-order valence-corrected chi connectivity index (χ0v) is 11.2. The first kappa shape index (κ1) is 13.7. The summed E-state index contributed by atoms with van der Waals surface area (Å²) >= 11 is 6.03. The first-order chi connectivity index (χ1) is 8.58. The number of rotatable bonds is 3. The topological polar surface area (TPSA) is 38.5 Å². The van der Waals surface area contributed by atoms with Crippen LogP contribution in [0.3, 0.4) is 0 Å². The van der Waals surface area contributed by atoms with Crippen molar-refractivity contribution in [2.75, 3.05) is 19.7 Å². The van der Waals surface area contributed by atoms with Crippen LogP contribution in [0, 0.1) is 5.82 Å². The van der Waals surface area contributed by atoms with Crippen molar-refractivity contribution in [3.05, 3.63) is 34.6 Å². The minimum Gasteiger partial charge on any atom is -0.374 e. The Balaban J connectivity index is 2.05. The van der Waals surface area contributed by atoms with E-state index in [9.17, 15) is 4.39 Å². The van der Waals surface area contributed by atoms with Crippen molar-refractivity contribution in [1.29, 1.82) is 0 Å². The van der Waals surface area contributed by atoms with Crippen LogP contribution in [-0.4, -0.2) is 36.7 Å². The van der Waals surface area contributed by atoms with E-state index >= 15 is 0 Å². The third-order valence-electron chi connectivity index (χ3n) is 3.21. The van der Waals surface area contributed by atoms with Crippen LogP contribution in [0.4, 0.5) is 4.39 Å². The van der Waals surface area contributed by atoms with Crippen LogP contribution in [0.1, 0.15) is 12.5 Å². The summed E-state index contributed by atoms with van der Waals surface area (Å²) in [6.07, 6.45) is 0.00398. The molecule has 2 atom stereocenters. The summed E-state index contributed by atoms with van der Waals surface area (Å²) in [7, 11) is 0. The van der Waals surface area contributed by atoms with Crippen LogP contribution in [0.15, 0.2) is 18.2 Å². The molecular weight excluding hydrogens is 255 g/mol. The Hall–Kier alpha value is -0.680. The van der Waals surface area contributed by atoms with Crippen molar-refractivity contribution in [2.24, 2.45) is 5.73 Å². The van der Waals surface area contributed by atoms with Gasteiger partial charge in [0.1, 0.15) is 5.82 Å². The second-order valence-corrected chi connectivity index (χ2v) is 5.11. The van der Waals surface area contributed by atoms with Crippen LogP contribution in [0.5, 0.6) is 0 Å². The van der Waals surface area contributed by atoms with Gasteiger partial charge in [0.15, 0.2) is 0 Å². The molecule has 3 nitrogen and oxygen atoms in total. The summed E-state index contributed by atoms with van der Waals surface area (Å²) in [5, 5.41) is 0.471. The third kappa shape index (κ3) is 3.20. The number of halogens is 2. The van der Waals surface area contributed by atoms with Gasteiger partial charge < -0.3 is 10.5 Å². The maximum absolute atomic E-state index is 13.7. The Morgan fingerprint density at radius 3 is 3.06 bits per heavy atom. The van der Waals surface area contributed by atoms with E-state index in [-0.39, 0.29) is 18.0 Å². The first-order valence-corrected chi connectivity index (χ1v) is 6.48. The van der Waals surface area contributed by atoms with Crippen molar-refractivity contribution in [3.63, 3.8) is 0 Å². The Morgan fingerprint density at radius 2 is 2.39 bits per heavy atom. The molecule has 1 fully saturated rings. The van der Waals surface area contributed by atoms with Crippen LogP contribution in [0.25, 0.3) is 0 Å². The zero-order chi connectivity index (χ0) is 13.1. The highest BCUT2D eigenvalue weighted by molar-refractivity contribution is 6.31.